The Labute approximate surface area is 111 Å². The van der Waals surface area contributed by atoms with Crippen LogP contribution in [0.5, 0.6) is 0 Å². The molecule has 0 aliphatic heterocycles. The number of amides is 2. The van der Waals surface area contributed by atoms with E-state index in [1.165, 1.54) is 4.68 Å². The summed E-state index contributed by atoms with van der Waals surface area (Å²) in [6.07, 6.45) is 0. The molecule has 2 rings (SSSR count). The summed E-state index contributed by atoms with van der Waals surface area (Å²) in [6, 6.07) is 10.1. The lowest BCUT2D eigenvalue weighted by Crippen LogP contribution is -2.29. The molecule has 19 heavy (non-hydrogen) atoms. The Morgan fingerprint density at radius 2 is 1.79 bits per heavy atom. The van der Waals surface area contributed by atoms with Crippen molar-refractivity contribution < 1.29 is 9.59 Å². The number of urea groups is 1. The first-order valence-electron chi connectivity index (χ1n) is 5.86. The zero-order valence-corrected chi connectivity index (χ0v) is 10.8. The van der Waals surface area contributed by atoms with E-state index in [0.717, 1.165) is 5.69 Å². The van der Waals surface area contributed by atoms with E-state index in [2.05, 4.69) is 5.43 Å². The Bertz CT molecular complexity index is 630. The van der Waals surface area contributed by atoms with E-state index in [1.807, 2.05) is 18.2 Å². The molecule has 3 N–H and O–H groups in total. The SMILES string of the molecule is Cc1cc(C(=O)c2ccccc2)c(C)n1NC(N)=O. The van der Waals surface area contributed by atoms with Crippen molar-refractivity contribution in [1.82, 2.24) is 4.68 Å². The zero-order valence-electron chi connectivity index (χ0n) is 10.8. The van der Waals surface area contributed by atoms with Crippen molar-refractivity contribution in [3.8, 4) is 0 Å². The summed E-state index contributed by atoms with van der Waals surface area (Å²) in [5.74, 6) is -0.0776. The Balaban J connectivity index is 2.42. The lowest BCUT2D eigenvalue weighted by Gasteiger charge is -2.08. The van der Waals surface area contributed by atoms with E-state index < -0.39 is 6.03 Å². The molecular weight excluding hydrogens is 242 g/mol. The van der Waals surface area contributed by atoms with Crippen LogP contribution in [0.25, 0.3) is 0 Å². The maximum absolute atomic E-state index is 12.4. The monoisotopic (exact) mass is 257 g/mol. The lowest BCUT2D eigenvalue weighted by molar-refractivity contribution is 0.103. The van der Waals surface area contributed by atoms with Crippen molar-refractivity contribution in [2.24, 2.45) is 5.73 Å². The summed E-state index contributed by atoms with van der Waals surface area (Å²) in [7, 11) is 0. The predicted molar refractivity (Wildman–Crippen MR) is 72.7 cm³/mol. The maximum atomic E-state index is 12.4. The van der Waals surface area contributed by atoms with Gasteiger partial charge in [-0.1, -0.05) is 30.3 Å². The first-order chi connectivity index (χ1) is 9.00. The molecule has 0 fully saturated rings. The van der Waals surface area contributed by atoms with Gasteiger partial charge in [-0.15, -0.1) is 0 Å². The van der Waals surface area contributed by atoms with Gasteiger partial charge in [0, 0.05) is 22.5 Å². The number of nitrogens with one attached hydrogen (secondary N) is 1. The minimum atomic E-state index is -0.666. The van der Waals surface area contributed by atoms with Gasteiger partial charge in [0.05, 0.1) is 0 Å². The molecule has 0 saturated carbocycles. The van der Waals surface area contributed by atoms with E-state index in [1.54, 1.807) is 32.0 Å². The van der Waals surface area contributed by atoms with Gasteiger partial charge in [-0.25, -0.2) is 10.2 Å². The molecule has 2 amide bonds. The minimum Gasteiger partial charge on any atom is -0.350 e. The molecule has 1 aromatic carbocycles. The third kappa shape index (κ3) is 2.49. The molecule has 0 unspecified atom stereocenters. The topological polar surface area (TPSA) is 77.1 Å². The summed E-state index contributed by atoms with van der Waals surface area (Å²) in [5.41, 5.74) is 10.1. The average Bonchev–Trinajstić information content (AvgIpc) is 2.66. The highest BCUT2D eigenvalue weighted by Gasteiger charge is 2.17. The second kappa shape index (κ2) is 4.97. The van der Waals surface area contributed by atoms with Crippen molar-refractivity contribution in [1.29, 1.82) is 0 Å². The number of aryl methyl sites for hydroxylation is 1. The number of hydrogen-bond acceptors (Lipinski definition) is 2. The van der Waals surface area contributed by atoms with Crippen LogP contribution in [0.1, 0.15) is 27.3 Å². The van der Waals surface area contributed by atoms with Crippen LogP contribution in [0.4, 0.5) is 4.79 Å². The molecule has 0 atom stereocenters. The number of hydrogen-bond donors (Lipinski definition) is 2. The summed E-state index contributed by atoms with van der Waals surface area (Å²) in [5, 5.41) is 0. The Morgan fingerprint density at radius 1 is 1.16 bits per heavy atom. The van der Waals surface area contributed by atoms with Gasteiger partial charge < -0.3 is 5.73 Å². The van der Waals surface area contributed by atoms with Crippen LogP contribution in [0, 0.1) is 13.8 Å². The number of nitrogens with zero attached hydrogens (tertiary/aromatic N) is 1. The number of benzene rings is 1. The highest BCUT2D eigenvalue weighted by atomic mass is 16.2. The number of ketones is 1. The van der Waals surface area contributed by atoms with Crippen LogP contribution >= 0.6 is 0 Å². The molecule has 0 saturated heterocycles. The first kappa shape index (κ1) is 12.9. The summed E-state index contributed by atoms with van der Waals surface area (Å²) in [6.45, 7) is 3.56. The fourth-order valence-electron chi connectivity index (χ4n) is 2.02. The summed E-state index contributed by atoms with van der Waals surface area (Å²) in [4.78, 5) is 23.3. The van der Waals surface area contributed by atoms with Crippen molar-refractivity contribution in [2.75, 3.05) is 5.43 Å². The molecule has 2 aromatic rings. The normalized spacial score (nSPS) is 10.2. The van der Waals surface area contributed by atoms with E-state index in [9.17, 15) is 9.59 Å². The van der Waals surface area contributed by atoms with Gasteiger partial charge in [-0.3, -0.25) is 9.47 Å². The Morgan fingerprint density at radius 3 is 2.37 bits per heavy atom. The van der Waals surface area contributed by atoms with Crippen molar-refractivity contribution >= 4 is 11.8 Å². The van der Waals surface area contributed by atoms with Crippen LogP contribution in [-0.4, -0.2) is 16.5 Å². The smallest absolute Gasteiger partial charge is 0.331 e. The number of primary amides is 1. The third-order valence-corrected chi connectivity index (χ3v) is 2.93. The Kier molecular flexibility index (Phi) is 3.37. The fraction of sp³-hybridized carbons (Fsp3) is 0.143. The summed E-state index contributed by atoms with van der Waals surface area (Å²) >= 11 is 0. The maximum Gasteiger partial charge on any atom is 0.331 e. The van der Waals surface area contributed by atoms with Crippen molar-refractivity contribution in [3.63, 3.8) is 0 Å². The van der Waals surface area contributed by atoms with Crippen molar-refractivity contribution in [2.45, 2.75) is 13.8 Å². The molecule has 0 aliphatic rings. The van der Waals surface area contributed by atoms with Gasteiger partial charge in [0.1, 0.15) is 0 Å². The number of aromatic nitrogens is 1. The molecule has 0 aliphatic carbocycles. The highest BCUT2D eigenvalue weighted by molar-refractivity contribution is 6.10. The fourth-order valence-corrected chi connectivity index (χ4v) is 2.02. The quantitative estimate of drug-likeness (QED) is 0.824. The van der Waals surface area contributed by atoms with Gasteiger partial charge in [-0.2, -0.15) is 0 Å². The number of carbonyl (C=O) groups is 2. The Hall–Kier alpha value is -2.56. The predicted octanol–water partition coefficient (Wildman–Crippen LogP) is 1.96. The molecule has 98 valence electrons. The average molecular weight is 257 g/mol. The molecule has 5 heteroatoms. The van der Waals surface area contributed by atoms with Gasteiger partial charge >= 0.3 is 6.03 Å². The van der Waals surface area contributed by atoms with Gasteiger partial charge in [0.25, 0.3) is 0 Å². The van der Waals surface area contributed by atoms with Crippen LogP contribution < -0.4 is 11.2 Å². The number of rotatable bonds is 3. The van der Waals surface area contributed by atoms with Crippen LogP contribution in [0.15, 0.2) is 36.4 Å². The molecule has 0 spiro atoms. The third-order valence-electron chi connectivity index (χ3n) is 2.93. The molecule has 0 bridgehead atoms. The molecule has 1 heterocycles. The second-order valence-corrected chi connectivity index (χ2v) is 4.29. The molecule has 1 aromatic heterocycles. The summed E-state index contributed by atoms with van der Waals surface area (Å²) < 4.78 is 1.51. The lowest BCUT2D eigenvalue weighted by atomic mass is 10.0. The largest absolute Gasteiger partial charge is 0.350 e. The number of carbonyl (C=O) groups excluding carboxylic acids is 2. The van der Waals surface area contributed by atoms with Crippen LogP contribution in [-0.2, 0) is 0 Å². The molecule has 5 nitrogen and oxygen atoms in total. The highest BCUT2D eigenvalue weighted by Crippen LogP contribution is 2.17. The van der Waals surface area contributed by atoms with Crippen LogP contribution in [0.3, 0.4) is 0 Å². The van der Waals surface area contributed by atoms with E-state index in [4.69, 9.17) is 5.73 Å². The van der Waals surface area contributed by atoms with Crippen molar-refractivity contribution in [3.05, 3.63) is 58.9 Å². The molecular formula is C14H15N3O2. The molecule has 0 radical (unpaired) electrons. The second-order valence-electron chi connectivity index (χ2n) is 4.29. The standard InChI is InChI=1S/C14H15N3O2/c1-9-8-12(10(2)17(9)16-14(15)19)13(18)11-6-4-3-5-7-11/h3-8H,1-2H3,(H3,15,16,19). The van der Waals surface area contributed by atoms with E-state index >= 15 is 0 Å². The van der Waals surface area contributed by atoms with Gasteiger partial charge in [0.2, 0.25) is 0 Å². The first-order valence-corrected chi connectivity index (χ1v) is 5.86. The van der Waals surface area contributed by atoms with Crippen LogP contribution in [0.2, 0.25) is 0 Å². The minimum absolute atomic E-state index is 0.0776. The van der Waals surface area contributed by atoms with Gasteiger partial charge in [0.15, 0.2) is 5.78 Å². The van der Waals surface area contributed by atoms with Gasteiger partial charge in [-0.05, 0) is 19.9 Å². The van der Waals surface area contributed by atoms with E-state index in [0.29, 0.717) is 16.8 Å². The van der Waals surface area contributed by atoms with E-state index in [-0.39, 0.29) is 5.78 Å². The number of nitrogens with two attached hydrogens (primary N) is 1. The zero-order chi connectivity index (χ0) is 14.0.